The Morgan fingerprint density at radius 2 is 1.88 bits per heavy atom. The van der Waals surface area contributed by atoms with Crippen molar-refractivity contribution in [2.45, 2.75) is 26.7 Å². The van der Waals surface area contributed by atoms with Crippen molar-refractivity contribution >= 4 is 11.5 Å². The van der Waals surface area contributed by atoms with E-state index in [2.05, 4.69) is 37.5 Å². The Hall–Kier alpha value is -1.83. The number of nitrogens with one attached hydrogen (secondary N) is 1. The number of hydrogen-bond donors (Lipinski definition) is 1. The predicted molar refractivity (Wildman–Crippen MR) is 73.0 cm³/mol. The summed E-state index contributed by atoms with van der Waals surface area (Å²) < 4.78 is 0. The maximum Gasteiger partial charge on any atom is 0.160 e. The van der Waals surface area contributed by atoms with Gasteiger partial charge >= 0.3 is 0 Å². The summed E-state index contributed by atoms with van der Waals surface area (Å²) in [5.41, 5.74) is 4.25. The Morgan fingerprint density at radius 1 is 1.18 bits per heavy atom. The molecule has 0 amide bonds. The number of allylic oxidation sites excluding steroid dienone is 2. The molecule has 17 heavy (non-hydrogen) atoms. The lowest BCUT2D eigenvalue weighted by atomic mass is 10.2. The molecule has 90 valence electrons. The number of hydrogen-bond acceptors (Lipinski definition) is 2. The zero-order chi connectivity index (χ0) is 12.8. The molecule has 2 rings (SSSR count). The zero-order valence-electron chi connectivity index (χ0n) is 10.5. The van der Waals surface area contributed by atoms with E-state index in [-0.39, 0.29) is 5.78 Å². The molecule has 2 nitrogen and oxygen atoms in total. The summed E-state index contributed by atoms with van der Waals surface area (Å²) >= 11 is 0. The smallest absolute Gasteiger partial charge is 0.160 e. The molecule has 0 spiro atoms. The van der Waals surface area contributed by atoms with E-state index in [1.54, 1.807) is 0 Å². The highest BCUT2D eigenvalue weighted by atomic mass is 16.1. The largest absolute Gasteiger partial charge is 0.359 e. The van der Waals surface area contributed by atoms with Crippen LogP contribution >= 0.6 is 0 Å². The first-order chi connectivity index (χ1) is 8.16. The Balaban J connectivity index is 0.000000686. The monoisotopic (exact) mass is 229 g/mol. The standard InChI is InChI=1S/C13H15NO.C2H4/c1-9-4-3-5-11(8-9)14-12-6-7-13(15)10(12)2;1-2/h3-5,8,14H,6-7H2,1-2H3;1-2H2. The van der Waals surface area contributed by atoms with Gasteiger partial charge in [0, 0.05) is 23.4 Å². The van der Waals surface area contributed by atoms with Crippen LogP contribution in [-0.4, -0.2) is 5.78 Å². The molecule has 0 aromatic heterocycles. The summed E-state index contributed by atoms with van der Waals surface area (Å²) in [6.45, 7) is 9.96. The molecule has 0 aliphatic heterocycles. The Kier molecular flexibility index (Phi) is 4.70. The van der Waals surface area contributed by atoms with E-state index in [0.717, 1.165) is 23.4 Å². The zero-order valence-corrected chi connectivity index (χ0v) is 10.5. The normalized spacial score (nSPS) is 14.4. The van der Waals surface area contributed by atoms with Crippen LogP contribution in [-0.2, 0) is 4.79 Å². The molecular weight excluding hydrogens is 210 g/mol. The van der Waals surface area contributed by atoms with Gasteiger partial charge in [0.25, 0.3) is 0 Å². The van der Waals surface area contributed by atoms with Crippen molar-refractivity contribution < 1.29 is 4.79 Å². The summed E-state index contributed by atoms with van der Waals surface area (Å²) in [7, 11) is 0. The lowest BCUT2D eigenvalue weighted by Gasteiger charge is -2.08. The molecule has 0 fully saturated rings. The van der Waals surface area contributed by atoms with Gasteiger partial charge in [-0.2, -0.15) is 0 Å². The number of carbonyl (C=O) groups excluding carboxylic acids is 1. The van der Waals surface area contributed by atoms with E-state index >= 15 is 0 Å². The number of Topliss-reactive ketones (excluding diaryl/α,β-unsaturated/α-hetero) is 1. The molecule has 0 radical (unpaired) electrons. The Morgan fingerprint density at radius 3 is 2.41 bits per heavy atom. The molecule has 1 aromatic carbocycles. The molecule has 0 unspecified atom stereocenters. The van der Waals surface area contributed by atoms with Gasteiger partial charge in [0.05, 0.1) is 0 Å². The maximum atomic E-state index is 11.3. The molecule has 1 aliphatic rings. The SMILES string of the molecule is C=C.CC1=C(Nc2cccc(C)c2)CCC1=O. The van der Waals surface area contributed by atoms with E-state index < -0.39 is 0 Å². The van der Waals surface area contributed by atoms with E-state index in [0.29, 0.717) is 6.42 Å². The van der Waals surface area contributed by atoms with Gasteiger partial charge in [-0.05, 0) is 38.0 Å². The second-order valence-corrected chi connectivity index (χ2v) is 4.02. The third-order valence-electron chi connectivity index (χ3n) is 2.79. The molecule has 0 saturated carbocycles. The van der Waals surface area contributed by atoms with Crippen LogP contribution in [0.15, 0.2) is 48.7 Å². The van der Waals surface area contributed by atoms with Crippen LogP contribution in [0.3, 0.4) is 0 Å². The average Bonchev–Trinajstić information content (AvgIpc) is 2.64. The Bertz CT molecular complexity index is 446. The van der Waals surface area contributed by atoms with Crippen LogP contribution in [0, 0.1) is 6.92 Å². The van der Waals surface area contributed by atoms with Gasteiger partial charge in [-0.3, -0.25) is 4.79 Å². The Labute approximate surface area is 103 Å². The highest BCUT2D eigenvalue weighted by Gasteiger charge is 2.18. The van der Waals surface area contributed by atoms with Crippen LogP contribution in [0.5, 0.6) is 0 Å². The topological polar surface area (TPSA) is 29.1 Å². The number of anilines is 1. The third-order valence-corrected chi connectivity index (χ3v) is 2.79. The first-order valence-corrected chi connectivity index (χ1v) is 5.73. The van der Waals surface area contributed by atoms with Gasteiger partial charge in [0.2, 0.25) is 0 Å². The fourth-order valence-corrected chi connectivity index (χ4v) is 1.84. The van der Waals surface area contributed by atoms with Gasteiger partial charge in [0.15, 0.2) is 5.78 Å². The first kappa shape index (κ1) is 13.2. The van der Waals surface area contributed by atoms with E-state index in [9.17, 15) is 4.79 Å². The van der Waals surface area contributed by atoms with E-state index in [1.807, 2.05) is 19.1 Å². The highest BCUT2D eigenvalue weighted by Crippen LogP contribution is 2.24. The van der Waals surface area contributed by atoms with Crippen molar-refractivity contribution in [3.63, 3.8) is 0 Å². The van der Waals surface area contributed by atoms with Crippen molar-refractivity contribution in [3.8, 4) is 0 Å². The van der Waals surface area contributed by atoms with Crippen molar-refractivity contribution in [1.29, 1.82) is 0 Å². The van der Waals surface area contributed by atoms with Crippen LogP contribution < -0.4 is 5.32 Å². The third kappa shape index (κ3) is 3.31. The van der Waals surface area contributed by atoms with E-state index in [4.69, 9.17) is 0 Å². The van der Waals surface area contributed by atoms with E-state index in [1.165, 1.54) is 5.56 Å². The highest BCUT2D eigenvalue weighted by molar-refractivity contribution is 5.98. The number of rotatable bonds is 2. The van der Waals surface area contributed by atoms with Crippen molar-refractivity contribution in [3.05, 3.63) is 54.3 Å². The molecule has 1 N–H and O–H groups in total. The molecule has 0 saturated heterocycles. The van der Waals surface area contributed by atoms with Gasteiger partial charge in [0.1, 0.15) is 0 Å². The summed E-state index contributed by atoms with van der Waals surface area (Å²) in [4.78, 5) is 11.3. The van der Waals surface area contributed by atoms with Crippen molar-refractivity contribution in [2.24, 2.45) is 0 Å². The van der Waals surface area contributed by atoms with Crippen LogP contribution in [0.4, 0.5) is 5.69 Å². The molecule has 1 aromatic rings. The summed E-state index contributed by atoms with van der Waals surface area (Å²) in [5.74, 6) is 0.269. The number of aryl methyl sites for hydroxylation is 1. The van der Waals surface area contributed by atoms with Crippen molar-refractivity contribution in [2.75, 3.05) is 5.32 Å². The lowest BCUT2D eigenvalue weighted by molar-refractivity contribution is -0.114. The minimum Gasteiger partial charge on any atom is -0.359 e. The number of benzene rings is 1. The van der Waals surface area contributed by atoms with Gasteiger partial charge in [-0.15, -0.1) is 13.2 Å². The second-order valence-electron chi connectivity index (χ2n) is 4.02. The second kappa shape index (κ2) is 6.04. The molecule has 0 atom stereocenters. The first-order valence-electron chi connectivity index (χ1n) is 5.73. The molecule has 2 heteroatoms. The minimum atomic E-state index is 0.269. The molecule has 0 bridgehead atoms. The van der Waals surface area contributed by atoms with Crippen LogP contribution in [0.1, 0.15) is 25.3 Å². The fourth-order valence-electron chi connectivity index (χ4n) is 1.84. The van der Waals surface area contributed by atoms with Crippen molar-refractivity contribution in [1.82, 2.24) is 0 Å². The average molecular weight is 229 g/mol. The molecule has 1 aliphatic carbocycles. The summed E-state index contributed by atoms with van der Waals surface area (Å²) in [5, 5.41) is 3.32. The molecular formula is C15H19NO. The van der Waals surface area contributed by atoms with Gasteiger partial charge in [-0.1, -0.05) is 12.1 Å². The minimum absolute atomic E-state index is 0.269. The number of carbonyl (C=O) groups is 1. The van der Waals surface area contributed by atoms with Gasteiger partial charge in [-0.25, -0.2) is 0 Å². The summed E-state index contributed by atoms with van der Waals surface area (Å²) in [6.07, 6.45) is 1.50. The number of ketones is 1. The quantitative estimate of drug-likeness (QED) is 0.780. The van der Waals surface area contributed by atoms with Crippen LogP contribution in [0.2, 0.25) is 0 Å². The van der Waals surface area contributed by atoms with Gasteiger partial charge < -0.3 is 5.32 Å². The maximum absolute atomic E-state index is 11.3. The predicted octanol–water partition coefficient (Wildman–Crippen LogP) is 3.85. The fraction of sp³-hybridized carbons (Fsp3) is 0.267. The summed E-state index contributed by atoms with van der Waals surface area (Å²) in [6, 6.07) is 8.19. The lowest BCUT2D eigenvalue weighted by Crippen LogP contribution is -1.99. The molecule has 0 heterocycles. The van der Waals surface area contributed by atoms with Crippen LogP contribution in [0.25, 0.3) is 0 Å².